The molecule has 2 aliphatic rings. The van der Waals surface area contributed by atoms with E-state index < -0.39 is 0 Å². The summed E-state index contributed by atoms with van der Waals surface area (Å²) in [4.78, 5) is 1.53. The summed E-state index contributed by atoms with van der Waals surface area (Å²) < 4.78 is 5.73. The van der Waals surface area contributed by atoms with Crippen molar-refractivity contribution < 1.29 is 4.74 Å². The molecular weight excluding hydrogens is 266 g/mol. The summed E-state index contributed by atoms with van der Waals surface area (Å²) in [5.74, 6) is 0.827. The van der Waals surface area contributed by atoms with Gasteiger partial charge in [-0.1, -0.05) is 31.7 Å². The van der Waals surface area contributed by atoms with E-state index in [9.17, 15) is 0 Å². The molecule has 0 spiro atoms. The molecule has 1 heterocycles. The Labute approximate surface area is 126 Å². The third-order valence-corrected chi connectivity index (χ3v) is 6.08. The molecule has 2 saturated carbocycles. The maximum absolute atomic E-state index is 5.73. The van der Waals surface area contributed by atoms with E-state index in [0.717, 1.165) is 5.92 Å². The summed E-state index contributed by atoms with van der Waals surface area (Å²) >= 11 is 1.91. The van der Waals surface area contributed by atoms with E-state index in [1.54, 1.807) is 0 Å². The van der Waals surface area contributed by atoms with Crippen molar-refractivity contribution in [2.24, 2.45) is 5.92 Å². The molecule has 3 unspecified atom stereocenters. The highest BCUT2D eigenvalue weighted by atomic mass is 32.1. The van der Waals surface area contributed by atoms with Crippen LogP contribution in [0.1, 0.15) is 62.3 Å². The van der Waals surface area contributed by atoms with Crippen LogP contribution in [-0.4, -0.2) is 19.3 Å². The van der Waals surface area contributed by atoms with Crippen molar-refractivity contribution in [3.8, 4) is 0 Å². The van der Waals surface area contributed by atoms with Crippen molar-refractivity contribution in [2.75, 3.05) is 7.11 Å². The van der Waals surface area contributed by atoms with Crippen LogP contribution in [0, 0.1) is 5.92 Å². The lowest BCUT2D eigenvalue weighted by Gasteiger charge is -2.36. The lowest BCUT2D eigenvalue weighted by Crippen LogP contribution is -2.46. The highest BCUT2D eigenvalue weighted by Crippen LogP contribution is 2.38. The molecule has 0 aromatic carbocycles. The highest BCUT2D eigenvalue weighted by molar-refractivity contribution is 7.10. The van der Waals surface area contributed by atoms with Crippen LogP contribution >= 0.6 is 11.3 Å². The lowest BCUT2D eigenvalue weighted by atomic mass is 9.89. The fourth-order valence-corrected chi connectivity index (χ4v) is 4.89. The van der Waals surface area contributed by atoms with E-state index >= 15 is 0 Å². The SMILES string of the molecule is COC1CCCCC1NC(c1cccs1)C1CCCC1. The van der Waals surface area contributed by atoms with Gasteiger partial charge in [-0.3, -0.25) is 0 Å². The molecule has 0 bridgehead atoms. The number of hydrogen-bond donors (Lipinski definition) is 1. The van der Waals surface area contributed by atoms with Crippen molar-refractivity contribution in [3.05, 3.63) is 22.4 Å². The van der Waals surface area contributed by atoms with Crippen LogP contribution < -0.4 is 5.32 Å². The standard InChI is InChI=1S/C17H27NOS/c1-19-15-10-5-4-9-14(15)18-17(13-7-2-3-8-13)16-11-6-12-20-16/h6,11-15,17-18H,2-5,7-10H2,1H3. The second kappa shape index (κ2) is 7.06. The van der Waals surface area contributed by atoms with Crippen LogP contribution in [0.5, 0.6) is 0 Å². The third kappa shape index (κ3) is 3.26. The van der Waals surface area contributed by atoms with Gasteiger partial charge in [0.25, 0.3) is 0 Å². The zero-order valence-corrected chi connectivity index (χ0v) is 13.3. The Kier molecular flexibility index (Phi) is 5.14. The largest absolute Gasteiger partial charge is 0.380 e. The molecule has 1 aromatic rings. The summed E-state index contributed by atoms with van der Waals surface area (Å²) in [5.41, 5.74) is 0. The van der Waals surface area contributed by atoms with E-state index in [2.05, 4.69) is 22.8 Å². The number of hydrogen-bond acceptors (Lipinski definition) is 3. The van der Waals surface area contributed by atoms with E-state index in [1.807, 2.05) is 18.4 Å². The average molecular weight is 293 g/mol. The average Bonchev–Trinajstić information content (AvgIpc) is 3.18. The molecule has 2 aliphatic carbocycles. The predicted octanol–water partition coefficient (Wildman–Crippen LogP) is 4.53. The van der Waals surface area contributed by atoms with Crippen molar-refractivity contribution in [1.82, 2.24) is 5.32 Å². The zero-order chi connectivity index (χ0) is 13.8. The first-order valence-corrected chi connectivity index (χ1v) is 9.08. The van der Waals surface area contributed by atoms with Gasteiger partial charge in [0.05, 0.1) is 6.10 Å². The van der Waals surface area contributed by atoms with Crippen LogP contribution in [0.4, 0.5) is 0 Å². The topological polar surface area (TPSA) is 21.3 Å². The van der Waals surface area contributed by atoms with E-state index in [0.29, 0.717) is 18.2 Å². The molecule has 112 valence electrons. The van der Waals surface area contributed by atoms with Crippen molar-refractivity contribution in [2.45, 2.75) is 69.6 Å². The number of nitrogens with one attached hydrogen (secondary N) is 1. The summed E-state index contributed by atoms with van der Waals surface area (Å²) in [6, 6.07) is 5.60. The molecule has 0 saturated heterocycles. The quantitative estimate of drug-likeness (QED) is 0.861. The van der Waals surface area contributed by atoms with Crippen molar-refractivity contribution >= 4 is 11.3 Å². The van der Waals surface area contributed by atoms with Gasteiger partial charge in [0, 0.05) is 24.1 Å². The molecule has 3 rings (SSSR count). The maximum Gasteiger partial charge on any atom is 0.0724 e. The maximum atomic E-state index is 5.73. The van der Waals surface area contributed by atoms with Gasteiger partial charge in [-0.25, -0.2) is 0 Å². The first kappa shape index (κ1) is 14.6. The second-order valence-electron chi connectivity index (χ2n) is 6.37. The van der Waals surface area contributed by atoms with Gasteiger partial charge in [-0.05, 0) is 43.0 Å². The van der Waals surface area contributed by atoms with Gasteiger partial charge < -0.3 is 10.1 Å². The molecule has 3 heteroatoms. The van der Waals surface area contributed by atoms with E-state index in [1.165, 1.54) is 56.2 Å². The predicted molar refractivity (Wildman–Crippen MR) is 85.2 cm³/mol. The fraction of sp³-hybridized carbons (Fsp3) is 0.765. The molecule has 2 fully saturated rings. The highest BCUT2D eigenvalue weighted by Gasteiger charge is 2.32. The molecule has 2 nitrogen and oxygen atoms in total. The van der Waals surface area contributed by atoms with Crippen LogP contribution in [0.25, 0.3) is 0 Å². The Morgan fingerprint density at radius 3 is 2.60 bits per heavy atom. The second-order valence-corrected chi connectivity index (χ2v) is 7.35. The Morgan fingerprint density at radius 2 is 1.90 bits per heavy atom. The number of rotatable bonds is 5. The summed E-state index contributed by atoms with van der Waals surface area (Å²) in [5, 5.41) is 6.20. The smallest absolute Gasteiger partial charge is 0.0724 e. The van der Waals surface area contributed by atoms with Crippen molar-refractivity contribution in [1.29, 1.82) is 0 Å². The van der Waals surface area contributed by atoms with Gasteiger partial charge in [-0.2, -0.15) is 0 Å². The normalized spacial score (nSPS) is 29.6. The van der Waals surface area contributed by atoms with Crippen molar-refractivity contribution in [3.63, 3.8) is 0 Å². The van der Waals surface area contributed by atoms with Gasteiger partial charge in [-0.15, -0.1) is 11.3 Å². The monoisotopic (exact) mass is 293 g/mol. The van der Waals surface area contributed by atoms with Crippen LogP contribution in [0.3, 0.4) is 0 Å². The Morgan fingerprint density at radius 1 is 1.15 bits per heavy atom. The summed E-state index contributed by atoms with van der Waals surface area (Å²) in [6.45, 7) is 0. The first-order chi connectivity index (χ1) is 9.88. The van der Waals surface area contributed by atoms with E-state index in [4.69, 9.17) is 4.74 Å². The third-order valence-electron chi connectivity index (χ3n) is 5.12. The number of ether oxygens (including phenoxy) is 1. The summed E-state index contributed by atoms with van der Waals surface area (Å²) in [6.07, 6.45) is 11.2. The van der Waals surface area contributed by atoms with Gasteiger partial charge in [0.1, 0.15) is 0 Å². The minimum Gasteiger partial charge on any atom is -0.380 e. The first-order valence-electron chi connectivity index (χ1n) is 8.20. The van der Waals surface area contributed by atoms with Crippen LogP contribution in [0.2, 0.25) is 0 Å². The fourth-order valence-electron chi connectivity index (χ4n) is 4.01. The Hall–Kier alpha value is -0.380. The molecule has 0 radical (unpaired) electrons. The van der Waals surface area contributed by atoms with Gasteiger partial charge in [0.2, 0.25) is 0 Å². The van der Waals surface area contributed by atoms with Gasteiger partial charge >= 0.3 is 0 Å². The molecular formula is C17H27NOS. The summed E-state index contributed by atoms with van der Waals surface area (Å²) in [7, 11) is 1.88. The lowest BCUT2D eigenvalue weighted by molar-refractivity contribution is 0.0347. The molecule has 3 atom stereocenters. The Balaban J connectivity index is 1.72. The van der Waals surface area contributed by atoms with Gasteiger partial charge in [0.15, 0.2) is 0 Å². The zero-order valence-electron chi connectivity index (χ0n) is 12.5. The van der Waals surface area contributed by atoms with Crippen LogP contribution in [0.15, 0.2) is 17.5 Å². The minimum atomic E-state index is 0.410. The molecule has 1 N–H and O–H groups in total. The minimum absolute atomic E-state index is 0.410. The van der Waals surface area contributed by atoms with E-state index in [-0.39, 0.29) is 0 Å². The molecule has 0 aliphatic heterocycles. The molecule has 20 heavy (non-hydrogen) atoms. The molecule has 0 amide bonds. The molecule has 1 aromatic heterocycles. The number of thiophene rings is 1. The Bertz CT molecular complexity index is 386. The number of methoxy groups -OCH3 is 1. The van der Waals surface area contributed by atoms with Crippen LogP contribution in [-0.2, 0) is 4.74 Å².